The van der Waals surface area contributed by atoms with Crippen molar-refractivity contribution in [1.29, 1.82) is 0 Å². The first kappa shape index (κ1) is 25.5. The standard InChI is InChI=1S/C20H25B3O7S/c1-12(11-31(26,27)28)29-19(24)14-2-4-15(5-3-14)20(25)30-18-16(9-22)6-13(8-21)7-17(18)10-23/h6-7,12,14-15H,2-5,8-11H2,1H3,(H,26,27,28). The van der Waals surface area contributed by atoms with Crippen molar-refractivity contribution in [3.8, 4) is 5.75 Å². The van der Waals surface area contributed by atoms with Crippen LogP contribution in [0.15, 0.2) is 12.1 Å². The van der Waals surface area contributed by atoms with Gasteiger partial charge < -0.3 is 9.47 Å². The smallest absolute Gasteiger partial charge is 0.314 e. The quantitative estimate of drug-likeness (QED) is 0.266. The summed E-state index contributed by atoms with van der Waals surface area (Å²) in [5, 5.41) is 0. The molecule has 31 heavy (non-hydrogen) atoms. The van der Waals surface area contributed by atoms with Gasteiger partial charge >= 0.3 is 11.9 Å². The fraction of sp³-hybridized carbons (Fsp3) is 0.600. The Morgan fingerprint density at radius 3 is 1.90 bits per heavy atom. The maximum atomic E-state index is 12.7. The zero-order valence-electron chi connectivity index (χ0n) is 17.6. The van der Waals surface area contributed by atoms with Gasteiger partial charge in [-0.1, -0.05) is 36.7 Å². The molecule has 1 saturated carbocycles. The van der Waals surface area contributed by atoms with E-state index in [2.05, 4.69) is 0 Å². The number of ether oxygens (including phenoxy) is 2. The van der Waals surface area contributed by atoms with Crippen molar-refractivity contribution >= 4 is 45.6 Å². The van der Waals surface area contributed by atoms with Crippen LogP contribution in [-0.4, -0.2) is 60.3 Å². The molecule has 0 heterocycles. The van der Waals surface area contributed by atoms with Crippen LogP contribution < -0.4 is 4.74 Å². The Labute approximate surface area is 187 Å². The van der Waals surface area contributed by atoms with E-state index in [0.29, 0.717) is 48.9 Å². The summed E-state index contributed by atoms with van der Waals surface area (Å²) in [5.41, 5.74) is 2.16. The van der Waals surface area contributed by atoms with Crippen molar-refractivity contribution in [3.63, 3.8) is 0 Å². The van der Waals surface area contributed by atoms with E-state index in [0.717, 1.165) is 5.56 Å². The van der Waals surface area contributed by atoms with E-state index >= 15 is 0 Å². The Hall–Kier alpha value is -1.74. The number of esters is 2. The first-order valence-electron chi connectivity index (χ1n) is 10.2. The van der Waals surface area contributed by atoms with Crippen LogP contribution in [0.1, 0.15) is 49.3 Å². The monoisotopic (exact) mass is 442 g/mol. The Morgan fingerprint density at radius 2 is 1.48 bits per heavy atom. The number of hydrogen-bond donors (Lipinski definition) is 1. The molecule has 2 rings (SSSR count). The van der Waals surface area contributed by atoms with Crippen LogP contribution in [0.25, 0.3) is 0 Å². The maximum absolute atomic E-state index is 12.7. The highest BCUT2D eigenvalue weighted by atomic mass is 32.2. The number of carbonyl (C=O) groups is 2. The molecule has 0 bridgehead atoms. The van der Waals surface area contributed by atoms with Gasteiger partial charge in [0.2, 0.25) is 0 Å². The van der Waals surface area contributed by atoms with Gasteiger partial charge in [0, 0.05) is 0 Å². The fourth-order valence-electron chi connectivity index (χ4n) is 3.75. The van der Waals surface area contributed by atoms with Crippen molar-refractivity contribution < 1.29 is 32.0 Å². The summed E-state index contributed by atoms with van der Waals surface area (Å²) in [6.45, 7) is 1.40. The third-order valence-electron chi connectivity index (χ3n) is 5.34. The summed E-state index contributed by atoms with van der Waals surface area (Å²) in [7, 11) is 13.1. The summed E-state index contributed by atoms with van der Waals surface area (Å²) in [6, 6.07) is 3.59. The molecule has 0 saturated heterocycles. The van der Waals surface area contributed by atoms with Gasteiger partial charge in [0.05, 0.1) is 35.4 Å². The van der Waals surface area contributed by atoms with Crippen LogP contribution in [-0.2, 0) is 43.4 Å². The number of hydrogen-bond acceptors (Lipinski definition) is 6. The summed E-state index contributed by atoms with van der Waals surface area (Å²) < 4.78 is 41.4. The molecule has 1 aromatic rings. The van der Waals surface area contributed by atoms with Crippen molar-refractivity contribution in [2.24, 2.45) is 11.8 Å². The third-order valence-corrected chi connectivity index (χ3v) is 6.23. The molecule has 1 aliphatic carbocycles. The van der Waals surface area contributed by atoms with Crippen molar-refractivity contribution in [1.82, 2.24) is 0 Å². The molecular weight excluding hydrogens is 417 g/mol. The molecule has 1 fully saturated rings. The highest BCUT2D eigenvalue weighted by molar-refractivity contribution is 7.85. The Balaban J connectivity index is 1.96. The second-order valence-electron chi connectivity index (χ2n) is 7.82. The van der Waals surface area contributed by atoms with E-state index in [1.165, 1.54) is 6.92 Å². The predicted octanol–water partition coefficient (Wildman–Crippen LogP) is 1.22. The topological polar surface area (TPSA) is 107 Å². The summed E-state index contributed by atoms with van der Waals surface area (Å²) in [4.78, 5) is 25.0. The van der Waals surface area contributed by atoms with Gasteiger partial charge in [-0.05, 0) is 43.7 Å². The predicted molar refractivity (Wildman–Crippen MR) is 118 cm³/mol. The average molecular weight is 442 g/mol. The normalized spacial score (nSPS) is 20.1. The minimum atomic E-state index is -4.23. The maximum Gasteiger partial charge on any atom is 0.314 e. The second kappa shape index (κ2) is 11.2. The van der Waals surface area contributed by atoms with Crippen LogP contribution in [0.2, 0.25) is 0 Å². The number of rotatable bonds is 9. The molecule has 0 spiro atoms. The first-order chi connectivity index (χ1) is 14.6. The Kier molecular flexibility index (Phi) is 9.24. The van der Waals surface area contributed by atoms with Crippen molar-refractivity contribution in [2.45, 2.75) is 57.7 Å². The van der Waals surface area contributed by atoms with E-state index in [4.69, 9.17) is 37.6 Å². The van der Waals surface area contributed by atoms with E-state index < -0.39 is 39.8 Å². The fourth-order valence-corrected chi connectivity index (χ4v) is 4.41. The molecule has 1 N–H and O–H groups in total. The lowest BCUT2D eigenvalue weighted by molar-refractivity contribution is -0.155. The lowest BCUT2D eigenvalue weighted by Crippen LogP contribution is -2.32. The first-order valence-corrected chi connectivity index (χ1v) is 11.8. The van der Waals surface area contributed by atoms with Crippen LogP contribution in [0.3, 0.4) is 0 Å². The van der Waals surface area contributed by atoms with E-state index in [1.54, 1.807) is 12.1 Å². The Bertz CT molecular complexity index is 871. The van der Waals surface area contributed by atoms with Crippen LogP contribution >= 0.6 is 0 Å². The number of benzene rings is 1. The SMILES string of the molecule is [B]Cc1cc(C[B])c(OC(=O)C2CCC(C(=O)OC(C)CS(=O)(=O)O)CC2)c(C[B])c1. The second-order valence-corrected chi connectivity index (χ2v) is 9.32. The van der Waals surface area contributed by atoms with Gasteiger partial charge in [-0.3, -0.25) is 14.1 Å². The van der Waals surface area contributed by atoms with E-state index in [1.807, 2.05) is 0 Å². The minimum Gasteiger partial charge on any atom is -0.461 e. The molecule has 6 radical (unpaired) electrons. The molecule has 11 heteroatoms. The van der Waals surface area contributed by atoms with Crippen LogP contribution in [0, 0.1) is 11.8 Å². The van der Waals surface area contributed by atoms with Crippen LogP contribution in [0.4, 0.5) is 0 Å². The van der Waals surface area contributed by atoms with E-state index in [-0.39, 0.29) is 18.6 Å². The lowest BCUT2D eigenvalue weighted by atomic mass is 9.82. The lowest BCUT2D eigenvalue weighted by Gasteiger charge is -2.27. The van der Waals surface area contributed by atoms with Gasteiger partial charge in [0.25, 0.3) is 10.1 Å². The third kappa shape index (κ3) is 7.42. The molecule has 1 unspecified atom stereocenters. The van der Waals surface area contributed by atoms with Gasteiger partial charge in [0.1, 0.15) is 17.6 Å². The average Bonchev–Trinajstić information content (AvgIpc) is 2.72. The van der Waals surface area contributed by atoms with Crippen molar-refractivity contribution in [2.75, 3.05) is 5.75 Å². The van der Waals surface area contributed by atoms with Gasteiger partial charge in [-0.2, -0.15) is 8.42 Å². The molecule has 162 valence electrons. The zero-order valence-corrected chi connectivity index (χ0v) is 18.4. The molecule has 1 aromatic carbocycles. The zero-order chi connectivity index (χ0) is 23.2. The molecule has 1 aliphatic rings. The van der Waals surface area contributed by atoms with Gasteiger partial charge in [0.15, 0.2) is 0 Å². The summed E-state index contributed by atoms with van der Waals surface area (Å²) in [5.74, 6) is -2.04. The van der Waals surface area contributed by atoms with Crippen molar-refractivity contribution in [3.05, 3.63) is 28.8 Å². The largest absolute Gasteiger partial charge is 0.461 e. The molecule has 0 amide bonds. The van der Waals surface area contributed by atoms with E-state index in [9.17, 15) is 18.0 Å². The molecule has 1 atom stereocenters. The molecule has 0 aromatic heterocycles. The van der Waals surface area contributed by atoms with Gasteiger partial charge in [-0.25, -0.2) is 0 Å². The highest BCUT2D eigenvalue weighted by Crippen LogP contribution is 2.33. The van der Waals surface area contributed by atoms with Gasteiger partial charge in [-0.15, -0.1) is 0 Å². The molecule has 7 nitrogen and oxygen atoms in total. The molecule has 0 aliphatic heterocycles. The highest BCUT2D eigenvalue weighted by Gasteiger charge is 2.33. The minimum absolute atomic E-state index is 0.170. The summed E-state index contributed by atoms with van der Waals surface area (Å²) >= 11 is 0. The van der Waals surface area contributed by atoms with Crippen LogP contribution in [0.5, 0.6) is 5.75 Å². The number of carbonyl (C=O) groups excluding carboxylic acids is 2. The molecular formula is C20H25B3O7S. The summed E-state index contributed by atoms with van der Waals surface area (Å²) in [6.07, 6.45) is 1.40. The Morgan fingerprint density at radius 1 is 1.00 bits per heavy atom.